The van der Waals surface area contributed by atoms with Crippen molar-refractivity contribution in [3.8, 4) is 0 Å². The van der Waals surface area contributed by atoms with Gasteiger partial charge in [-0.25, -0.2) is 0 Å². The lowest BCUT2D eigenvalue weighted by atomic mass is 9.88. The van der Waals surface area contributed by atoms with Crippen LogP contribution >= 0.6 is 0 Å². The summed E-state index contributed by atoms with van der Waals surface area (Å²) < 4.78 is 0. The molecule has 4 heteroatoms. The summed E-state index contributed by atoms with van der Waals surface area (Å²) in [5.41, 5.74) is -0.556. The standard InChI is InChI=1S/C16H26N2O2/c1-11(2)9-13-14(19)17-16(7-3-4-8-16)15(20)18(13)10-12-5-6-12/h11-13H,3-10H2,1-2H3,(H,17,19). The second kappa shape index (κ2) is 5.05. The molecule has 0 radical (unpaired) electrons. The van der Waals surface area contributed by atoms with E-state index in [9.17, 15) is 9.59 Å². The third-order valence-electron chi connectivity index (χ3n) is 5.02. The molecule has 1 atom stereocenters. The van der Waals surface area contributed by atoms with Crippen LogP contribution in [0.1, 0.15) is 58.8 Å². The van der Waals surface area contributed by atoms with Crippen LogP contribution < -0.4 is 5.32 Å². The summed E-state index contributed by atoms with van der Waals surface area (Å²) in [5, 5.41) is 3.09. The molecule has 3 rings (SSSR count). The van der Waals surface area contributed by atoms with E-state index in [1.165, 1.54) is 12.8 Å². The van der Waals surface area contributed by atoms with E-state index in [0.29, 0.717) is 11.8 Å². The highest BCUT2D eigenvalue weighted by molar-refractivity contribution is 6.00. The molecule has 1 heterocycles. The molecule has 1 N–H and O–H groups in total. The molecule has 20 heavy (non-hydrogen) atoms. The maximum Gasteiger partial charge on any atom is 0.249 e. The summed E-state index contributed by atoms with van der Waals surface area (Å²) in [4.78, 5) is 27.4. The number of carbonyl (C=O) groups is 2. The van der Waals surface area contributed by atoms with Gasteiger partial charge in [0, 0.05) is 6.54 Å². The van der Waals surface area contributed by atoms with Crippen LogP contribution in [0.4, 0.5) is 0 Å². The van der Waals surface area contributed by atoms with Crippen molar-refractivity contribution in [2.24, 2.45) is 11.8 Å². The van der Waals surface area contributed by atoms with E-state index in [1.807, 2.05) is 4.90 Å². The molecule has 1 aliphatic heterocycles. The van der Waals surface area contributed by atoms with Crippen molar-refractivity contribution in [2.45, 2.75) is 70.4 Å². The molecule has 3 fully saturated rings. The lowest BCUT2D eigenvalue weighted by Gasteiger charge is -2.45. The molecule has 0 aromatic heterocycles. The van der Waals surface area contributed by atoms with Crippen LogP contribution in [0.2, 0.25) is 0 Å². The largest absolute Gasteiger partial charge is 0.340 e. The molecular weight excluding hydrogens is 252 g/mol. The topological polar surface area (TPSA) is 49.4 Å². The van der Waals surface area contributed by atoms with E-state index in [1.54, 1.807) is 0 Å². The molecule has 2 amide bonds. The second-order valence-electron chi connectivity index (χ2n) is 7.32. The predicted octanol–water partition coefficient (Wildman–Crippen LogP) is 2.08. The quantitative estimate of drug-likeness (QED) is 0.856. The van der Waals surface area contributed by atoms with E-state index in [-0.39, 0.29) is 17.9 Å². The Morgan fingerprint density at radius 3 is 2.45 bits per heavy atom. The fraction of sp³-hybridized carbons (Fsp3) is 0.875. The zero-order chi connectivity index (χ0) is 14.3. The minimum absolute atomic E-state index is 0.0841. The van der Waals surface area contributed by atoms with Gasteiger partial charge in [-0.3, -0.25) is 9.59 Å². The summed E-state index contributed by atoms with van der Waals surface area (Å²) >= 11 is 0. The first-order valence-corrected chi connectivity index (χ1v) is 8.15. The molecule has 1 unspecified atom stereocenters. The molecule has 1 saturated heterocycles. The summed E-state index contributed by atoms with van der Waals surface area (Å²) in [5.74, 6) is 1.35. The number of nitrogens with zero attached hydrogens (tertiary/aromatic N) is 1. The van der Waals surface area contributed by atoms with Crippen molar-refractivity contribution in [3.63, 3.8) is 0 Å². The van der Waals surface area contributed by atoms with Gasteiger partial charge in [-0.15, -0.1) is 0 Å². The number of carbonyl (C=O) groups excluding carboxylic acids is 2. The minimum Gasteiger partial charge on any atom is -0.340 e. The van der Waals surface area contributed by atoms with Crippen LogP contribution in [0.5, 0.6) is 0 Å². The predicted molar refractivity (Wildman–Crippen MR) is 77.0 cm³/mol. The average Bonchev–Trinajstić information content (AvgIpc) is 3.09. The normalized spacial score (nSPS) is 29.4. The molecule has 4 nitrogen and oxygen atoms in total. The summed E-state index contributed by atoms with van der Waals surface area (Å²) in [6.07, 6.45) is 6.97. The van der Waals surface area contributed by atoms with Gasteiger partial charge in [-0.1, -0.05) is 26.7 Å². The second-order valence-corrected chi connectivity index (χ2v) is 7.32. The molecular formula is C16H26N2O2. The Bertz CT molecular complexity index is 409. The fourth-order valence-corrected chi connectivity index (χ4v) is 3.72. The monoisotopic (exact) mass is 278 g/mol. The van der Waals surface area contributed by atoms with E-state index < -0.39 is 5.54 Å². The molecule has 0 bridgehead atoms. The molecule has 0 aromatic rings. The SMILES string of the molecule is CC(C)CC1C(=O)NC2(CCCC2)C(=O)N1CC1CC1. The Balaban J connectivity index is 1.83. The van der Waals surface area contributed by atoms with Crippen molar-refractivity contribution in [1.29, 1.82) is 0 Å². The molecule has 2 aliphatic carbocycles. The maximum atomic E-state index is 13.0. The first-order valence-electron chi connectivity index (χ1n) is 8.15. The van der Waals surface area contributed by atoms with E-state index in [2.05, 4.69) is 19.2 Å². The van der Waals surface area contributed by atoms with Crippen LogP contribution in [0, 0.1) is 11.8 Å². The van der Waals surface area contributed by atoms with Crippen molar-refractivity contribution >= 4 is 11.8 Å². The smallest absolute Gasteiger partial charge is 0.249 e. The van der Waals surface area contributed by atoms with E-state index in [4.69, 9.17) is 0 Å². The van der Waals surface area contributed by atoms with Gasteiger partial charge in [-0.2, -0.15) is 0 Å². The summed E-state index contributed by atoms with van der Waals surface area (Å²) in [7, 11) is 0. The van der Waals surface area contributed by atoms with E-state index >= 15 is 0 Å². The van der Waals surface area contributed by atoms with Crippen LogP contribution in [0.15, 0.2) is 0 Å². The molecule has 0 aromatic carbocycles. The van der Waals surface area contributed by atoms with Gasteiger partial charge >= 0.3 is 0 Å². The highest BCUT2D eigenvalue weighted by atomic mass is 16.2. The van der Waals surface area contributed by atoms with Gasteiger partial charge in [0.15, 0.2) is 0 Å². The molecule has 1 spiro atoms. The van der Waals surface area contributed by atoms with Gasteiger partial charge in [0.25, 0.3) is 0 Å². The molecule has 2 saturated carbocycles. The van der Waals surface area contributed by atoms with Gasteiger partial charge in [-0.05, 0) is 43.9 Å². The highest BCUT2D eigenvalue weighted by Gasteiger charge is 2.52. The number of hydrogen-bond donors (Lipinski definition) is 1. The number of hydrogen-bond acceptors (Lipinski definition) is 2. The van der Waals surface area contributed by atoms with Gasteiger partial charge in [0.2, 0.25) is 11.8 Å². The lowest BCUT2D eigenvalue weighted by Crippen LogP contribution is -2.69. The minimum atomic E-state index is -0.556. The number of amides is 2. The Labute approximate surface area is 121 Å². The number of nitrogens with one attached hydrogen (secondary N) is 1. The van der Waals surface area contributed by atoms with Crippen LogP contribution in [0.25, 0.3) is 0 Å². The van der Waals surface area contributed by atoms with Gasteiger partial charge in [0.05, 0.1) is 0 Å². The Hall–Kier alpha value is -1.06. The van der Waals surface area contributed by atoms with Crippen molar-refractivity contribution < 1.29 is 9.59 Å². The Kier molecular flexibility index (Phi) is 3.51. The lowest BCUT2D eigenvalue weighted by molar-refractivity contribution is -0.155. The average molecular weight is 278 g/mol. The Morgan fingerprint density at radius 1 is 1.25 bits per heavy atom. The van der Waals surface area contributed by atoms with Gasteiger partial charge < -0.3 is 10.2 Å². The van der Waals surface area contributed by atoms with Crippen LogP contribution in [-0.4, -0.2) is 34.8 Å². The third kappa shape index (κ3) is 2.45. The Morgan fingerprint density at radius 2 is 1.90 bits per heavy atom. The molecule has 3 aliphatic rings. The van der Waals surface area contributed by atoms with Crippen LogP contribution in [0.3, 0.4) is 0 Å². The molecule has 112 valence electrons. The first-order chi connectivity index (χ1) is 9.52. The zero-order valence-corrected chi connectivity index (χ0v) is 12.7. The third-order valence-corrected chi connectivity index (χ3v) is 5.02. The van der Waals surface area contributed by atoms with E-state index in [0.717, 1.165) is 38.6 Å². The summed E-state index contributed by atoms with van der Waals surface area (Å²) in [6, 6.07) is -0.241. The zero-order valence-electron chi connectivity index (χ0n) is 12.7. The summed E-state index contributed by atoms with van der Waals surface area (Å²) in [6.45, 7) is 5.03. The van der Waals surface area contributed by atoms with Crippen molar-refractivity contribution in [2.75, 3.05) is 6.54 Å². The van der Waals surface area contributed by atoms with Crippen molar-refractivity contribution in [3.05, 3.63) is 0 Å². The fourth-order valence-electron chi connectivity index (χ4n) is 3.72. The number of piperazine rings is 1. The first kappa shape index (κ1) is 13.9. The van der Waals surface area contributed by atoms with Crippen LogP contribution in [-0.2, 0) is 9.59 Å². The van der Waals surface area contributed by atoms with Crippen molar-refractivity contribution in [1.82, 2.24) is 10.2 Å². The highest BCUT2D eigenvalue weighted by Crippen LogP contribution is 2.38. The maximum absolute atomic E-state index is 13.0. The van der Waals surface area contributed by atoms with Gasteiger partial charge in [0.1, 0.15) is 11.6 Å². The number of rotatable bonds is 4.